The Labute approximate surface area is 192 Å². The van der Waals surface area contributed by atoms with Gasteiger partial charge in [0, 0.05) is 24.3 Å². The number of aromatic nitrogens is 2. The van der Waals surface area contributed by atoms with Gasteiger partial charge in [0.25, 0.3) is 0 Å². The van der Waals surface area contributed by atoms with Crippen molar-refractivity contribution in [1.29, 1.82) is 0 Å². The van der Waals surface area contributed by atoms with Crippen molar-refractivity contribution < 1.29 is 19.1 Å². The predicted octanol–water partition coefficient (Wildman–Crippen LogP) is 4.76. The monoisotopic (exact) mass is 445 g/mol. The van der Waals surface area contributed by atoms with E-state index in [1.165, 1.54) is 18.1 Å². The molecule has 1 aromatic carbocycles. The molecule has 1 N–H and O–H groups in total. The highest BCUT2D eigenvalue weighted by molar-refractivity contribution is 5.91. The van der Waals surface area contributed by atoms with Crippen molar-refractivity contribution in [3.63, 3.8) is 0 Å². The summed E-state index contributed by atoms with van der Waals surface area (Å²) in [6.45, 7) is 3.36. The molecule has 0 aliphatic carbocycles. The fourth-order valence-electron chi connectivity index (χ4n) is 4.87. The van der Waals surface area contributed by atoms with E-state index in [4.69, 9.17) is 9.15 Å². The van der Waals surface area contributed by atoms with E-state index in [0.29, 0.717) is 18.2 Å². The second kappa shape index (κ2) is 9.11. The van der Waals surface area contributed by atoms with Crippen LogP contribution in [0.2, 0.25) is 0 Å². The molecule has 0 unspecified atom stereocenters. The van der Waals surface area contributed by atoms with E-state index in [9.17, 15) is 9.90 Å². The van der Waals surface area contributed by atoms with Gasteiger partial charge in [0.15, 0.2) is 0 Å². The fraction of sp³-hybridized carbons (Fsp3) is 0.308. The number of fused-ring (bicyclic) bond motifs is 1. The molecule has 33 heavy (non-hydrogen) atoms. The maximum absolute atomic E-state index is 11.5. The summed E-state index contributed by atoms with van der Waals surface area (Å²) in [7, 11) is 1.49. The first kappa shape index (κ1) is 21.3. The lowest BCUT2D eigenvalue weighted by Gasteiger charge is -2.32. The van der Waals surface area contributed by atoms with Crippen LogP contribution >= 0.6 is 0 Å². The van der Waals surface area contributed by atoms with Gasteiger partial charge in [0.05, 0.1) is 31.6 Å². The number of aromatic carboxylic acids is 1. The Kier molecular flexibility index (Phi) is 5.88. The quantitative estimate of drug-likeness (QED) is 0.442. The minimum Gasteiger partial charge on any atom is -0.496 e. The molecule has 0 saturated carbocycles. The zero-order valence-electron chi connectivity index (χ0n) is 18.6. The molecule has 0 atom stereocenters. The molecule has 0 amide bonds. The number of benzene rings is 1. The van der Waals surface area contributed by atoms with Crippen LogP contribution in [0, 0.1) is 0 Å². The van der Waals surface area contributed by atoms with Crippen molar-refractivity contribution in [3.8, 4) is 5.75 Å². The van der Waals surface area contributed by atoms with Crippen molar-refractivity contribution in [2.75, 3.05) is 20.2 Å². The molecule has 4 heterocycles. The molecule has 170 valence electrons. The van der Waals surface area contributed by atoms with Gasteiger partial charge in [-0.2, -0.15) is 0 Å². The summed E-state index contributed by atoms with van der Waals surface area (Å²) in [6.07, 6.45) is 9.88. The number of likely N-dealkylation sites (tertiary alicyclic amines) is 1. The highest BCUT2D eigenvalue weighted by Gasteiger charge is 2.24. The lowest BCUT2D eigenvalue weighted by Crippen LogP contribution is -2.32. The van der Waals surface area contributed by atoms with Gasteiger partial charge in [-0.15, -0.1) is 0 Å². The average molecular weight is 446 g/mol. The summed E-state index contributed by atoms with van der Waals surface area (Å²) >= 11 is 0. The van der Waals surface area contributed by atoms with Crippen LogP contribution in [0.25, 0.3) is 10.9 Å². The molecule has 0 bridgehead atoms. The summed E-state index contributed by atoms with van der Waals surface area (Å²) < 4.78 is 13.0. The number of hydrogen-bond donors (Lipinski definition) is 1. The van der Waals surface area contributed by atoms with E-state index in [-0.39, 0.29) is 5.56 Å². The first-order valence-electron chi connectivity index (χ1n) is 11.2. The molecule has 1 saturated heterocycles. The third-order valence-electron chi connectivity index (χ3n) is 6.55. The minimum absolute atomic E-state index is 0.211. The number of ether oxygens (including phenoxy) is 1. The zero-order valence-corrected chi connectivity index (χ0v) is 18.6. The van der Waals surface area contributed by atoms with Crippen LogP contribution in [-0.2, 0) is 13.1 Å². The van der Waals surface area contributed by atoms with Gasteiger partial charge in [0.2, 0.25) is 0 Å². The number of carbonyl (C=O) groups is 1. The molecule has 0 radical (unpaired) electrons. The topological polar surface area (TPSA) is 80.7 Å². The number of furan rings is 1. The standard InChI is InChI=1S/C26H27N3O4/c1-32-25-5-4-18(13-22(25)26(30)31)15-28-10-7-19(8-11-28)23-17-29(16-20-3-2-12-33-20)24-14-27-9-6-21(23)24/h2-6,9,12-14,17,19H,7-8,10-11,15-16H2,1H3,(H,30,31). The first-order valence-corrected chi connectivity index (χ1v) is 11.2. The van der Waals surface area contributed by atoms with Crippen LogP contribution in [0.1, 0.15) is 46.0 Å². The first-order chi connectivity index (χ1) is 16.1. The summed E-state index contributed by atoms with van der Waals surface area (Å²) in [6, 6.07) is 11.4. The fourth-order valence-corrected chi connectivity index (χ4v) is 4.87. The van der Waals surface area contributed by atoms with Crippen LogP contribution < -0.4 is 4.74 Å². The Morgan fingerprint density at radius 3 is 2.79 bits per heavy atom. The predicted molar refractivity (Wildman–Crippen MR) is 125 cm³/mol. The summed E-state index contributed by atoms with van der Waals surface area (Å²) in [5, 5.41) is 10.7. The number of nitrogens with zero attached hydrogens (tertiary/aromatic N) is 3. The third-order valence-corrected chi connectivity index (χ3v) is 6.55. The van der Waals surface area contributed by atoms with Crippen molar-refractivity contribution in [2.45, 2.75) is 31.8 Å². The largest absolute Gasteiger partial charge is 0.496 e. The van der Waals surface area contributed by atoms with Crippen LogP contribution in [0.4, 0.5) is 0 Å². The second-order valence-corrected chi connectivity index (χ2v) is 8.57. The Hall–Kier alpha value is -3.58. The second-order valence-electron chi connectivity index (χ2n) is 8.57. The summed E-state index contributed by atoms with van der Waals surface area (Å²) in [5.74, 6) is 0.838. The lowest BCUT2D eigenvalue weighted by molar-refractivity contribution is 0.0693. The maximum atomic E-state index is 11.5. The van der Waals surface area contributed by atoms with E-state index < -0.39 is 5.97 Å². The Bertz CT molecular complexity index is 1250. The molecule has 1 aliphatic rings. The molecular weight excluding hydrogens is 418 g/mol. The van der Waals surface area contributed by atoms with Gasteiger partial charge in [-0.3, -0.25) is 9.88 Å². The van der Waals surface area contributed by atoms with Gasteiger partial charge in [-0.1, -0.05) is 6.07 Å². The summed E-state index contributed by atoms with van der Waals surface area (Å²) in [5.41, 5.74) is 3.71. The average Bonchev–Trinajstić information content (AvgIpc) is 3.48. The van der Waals surface area contributed by atoms with E-state index >= 15 is 0 Å². The SMILES string of the molecule is COc1ccc(CN2CCC(c3cn(Cc4ccco4)c4cnccc34)CC2)cc1C(=O)O. The number of carboxylic acid groups (broad SMARTS) is 1. The van der Waals surface area contributed by atoms with Crippen molar-refractivity contribution in [3.05, 3.63) is 83.7 Å². The van der Waals surface area contributed by atoms with Crippen molar-refractivity contribution >= 4 is 16.9 Å². The van der Waals surface area contributed by atoms with Gasteiger partial charge >= 0.3 is 5.97 Å². The molecule has 7 heteroatoms. The van der Waals surface area contributed by atoms with E-state index in [0.717, 1.165) is 49.3 Å². The van der Waals surface area contributed by atoms with Crippen LogP contribution in [0.5, 0.6) is 5.75 Å². The minimum atomic E-state index is -0.965. The van der Waals surface area contributed by atoms with Crippen LogP contribution in [0.3, 0.4) is 0 Å². The van der Waals surface area contributed by atoms with Gasteiger partial charge in [-0.25, -0.2) is 4.79 Å². The highest BCUT2D eigenvalue weighted by atomic mass is 16.5. The number of carboxylic acids is 1. The number of methoxy groups -OCH3 is 1. The molecule has 7 nitrogen and oxygen atoms in total. The number of hydrogen-bond acceptors (Lipinski definition) is 5. The van der Waals surface area contributed by atoms with Crippen LogP contribution in [0.15, 0.2) is 65.7 Å². The molecule has 0 spiro atoms. The zero-order chi connectivity index (χ0) is 22.8. The Morgan fingerprint density at radius 2 is 2.06 bits per heavy atom. The highest BCUT2D eigenvalue weighted by Crippen LogP contribution is 2.35. The van der Waals surface area contributed by atoms with Crippen molar-refractivity contribution in [1.82, 2.24) is 14.5 Å². The summed E-state index contributed by atoms with van der Waals surface area (Å²) in [4.78, 5) is 18.3. The maximum Gasteiger partial charge on any atom is 0.339 e. The third kappa shape index (κ3) is 4.36. The number of piperidine rings is 1. The normalized spacial score (nSPS) is 15.2. The Morgan fingerprint density at radius 1 is 1.21 bits per heavy atom. The van der Waals surface area contributed by atoms with E-state index in [2.05, 4.69) is 26.7 Å². The molecule has 1 aliphatic heterocycles. The van der Waals surface area contributed by atoms with Gasteiger partial charge < -0.3 is 18.8 Å². The van der Waals surface area contributed by atoms with Gasteiger partial charge in [-0.05, 0) is 73.3 Å². The van der Waals surface area contributed by atoms with E-state index in [1.807, 2.05) is 30.6 Å². The van der Waals surface area contributed by atoms with E-state index in [1.54, 1.807) is 18.4 Å². The van der Waals surface area contributed by atoms with Crippen molar-refractivity contribution in [2.24, 2.45) is 0 Å². The molecule has 3 aromatic heterocycles. The molecular formula is C26H27N3O4. The smallest absolute Gasteiger partial charge is 0.339 e. The molecule has 5 rings (SSSR count). The number of rotatable bonds is 7. The Balaban J connectivity index is 1.30. The van der Waals surface area contributed by atoms with Gasteiger partial charge in [0.1, 0.15) is 17.1 Å². The molecule has 4 aromatic rings. The molecule has 1 fully saturated rings. The number of pyridine rings is 1. The lowest BCUT2D eigenvalue weighted by atomic mass is 9.89. The van der Waals surface area contributed by atoms with Crippen LogP contribution in [-0.4, -0.2) is 45.7 Å².